The van der Waals surface area contributed by atoms with E-state index in [2.05, 4.69) is 5.32 Å². The maximum Gasteiger partial charge on any atom is 0.407 e. The summed E-state index contributed by atoms with van der Waals surface area (Å²) in [4.78, 5) is 12.0. The minimum Gasteiger partial charge on any atom is -0.445 e. The van der Waals surface area contributed by atoms with Crippen LogP contribution in [0.5, 0.6) is 0 Å². The lowest BCUT2D eigenvalue weighted by molar-refractivity contribution is 0.137. The first-order valence-electron chi connectivity index (χ1n) is 7.56. The van der Waals surface area contributed by atoms with Gasteiger partial charge >= 0.3 is 6.09 Å². The molecule has 0 saturated heterocycles. The largest absolute Gasteiger partial charge is 0.445 e. The Morgan fingerprint density at radius 1 is 1.04 bits per heavy atom. The second-order valence-corrected chi connectivity index (χ2v) is 5.11. The van der Waals surface area contributed by atoms with Gasteiger partial charge in [-0.2, -0.15) is 0 Å². The van der Waals surface area contributed by atoms with E-state index in [1.807, 2.05) is 60.7 Å². The normalized spacial score (nSPS) is 12.0. The first-order valence-corrected chi connectivity index (χ1v) is 7.56. The van der Waals surface area contributed by atoms with Crippen LogP contribution in [0.2, 0.25) is 0 Å². The van der Waals surface area contributed by atoms with Crippen molar-refractivity contribution in [2.24, 2.45) is 0 Å². The van der Waals surface area contributed by atoms with Crippen molar-refractivity contribution < 1.29 is 14.6 Å². The first kappa shape index (κ1) is 16.8. The molecule has 2 rings (SSSR count). The van der Waals surface area contributed by atoms with Crippen molar-refractivity contribution in [3.05, 3.63) is 83.9 Å². The number of aliphatic hydroxyl groups excluding tert-OH is 1. The highest BCUT2D eigenvalue weighted by Crippen LogP contribution is 2.06. The number of alkyl carbamates (subject to hydrolysis) is 1. The predicted molar refractivity (Wildman–Crippen MR) is 89.9 cm³/mol. The summed E-state index contributed by atoms with van der Waals surface area (Å²) in [6.07, 6.45) is 3.55. The van der Waals surface area contributed by atoms with Crippen molar-refractivity contribution >= 4 is 6.09 Å². The molecule has 1 amide bonds. The van der Waals surface area contributed by atoms with Crippen LogP contribution in [-0.2, 0) is 17.8 Å². The van der Waals surface area contributed by atoms with Crippen LogP contribution < -0.4 is 5.32 Å². The third kappa shape index (κ3) is 6.36. The number of aliphatic hydroxyl groups is 1. The second-order valence-electron chi connectivity index (χ2n) is 5.11. The lowest BCUT2D eigenvalue weighted by Crippen LogP contribution is -2.35. The smallest absolute Gasteiger partial charge is 0.407 e. The highest BCUT2D eigenvalue weighted by Gasteiger charge is 2.11. The van der Waals surface area contributed by atoms with Crippen LogP contribution in [0.4, 0.5) is 4.79 Å². The summed E-state index contributed by atoms with van der Waals surface area (Å²) in [6.45, 7) is 0.167. The molecule has 0 spiro atoms. The molecule has 0 unspecified atom stereocenters. The van der Waals surface area contributed by atoms with Crippen LogP contribution in [0.15, 0.2) is 72.8 Å². The zero-order valence-electron chi connectivity index (χ0n) is 12.9. The minimum absolute atomic E-state index is 0.0635. The Morgan fingerprint density at radius 3 is 2.26 bits per heavy atom. The standard InChI is InChI=1S/C19H21NO3/c21-13-7-12-18(14-16-8-3-1-4-9-16)20-19(22)23-15-17-10-5-2-6-11-17/h1-12,18,21H,13-15H2,(H,20,22)/b12-7-/t18-/m1/s1. The van der Waals surface area contributed by atoms with E-state index in [1.54, 1.807) is 12.2 Å². The number of benzene rings is 2. The number of carbonyl (C=O) groups excluding carboxylic acids is 1. The molecule has 0 fully saturated rings. The predicted octanol–water partition coefficient (Wildman–Crippen LogP) is 3.07. The maximum atomic E-state index is 12.0. The number of carbonyl (C=O) groups is 1. The molecule has 0 heterocycles. The minimum atomic E-state index is -0.475. The lowest BCUT2D eigenvalue weighted by atomic mass is 10.1. The molecule has 0 aliphatic carbocycles. The average Bonchev–Trinajstić information content (AvgIpc) is 2.60. The van der Waals surface area contributed by atoms with Crippen molar-refractivity contribution in [1.29, 1.82) is 0 Å². The summed E-state index contributed by atoms with van der Waals surface area (Å²) in [5.41, 5.74) is 2.04. The third-order valence-corrected chi connectivity index (χ3v) is 3.29. The quantitative estimate of drug-likeness (QED) is 0.773. The number of hydrogen-bond donors (Lipinski definition) is 2. The van der Waals surface area contributed by atoms with E-state index in [0.717, 1.165) is 11.1 Å². The molecule has 0 bridgehead atoms. The van der Waals surface area contributed by atoms with Gasteiger partial charge in [0.15, 0.2) is 0 Å². The molecule has 23 heavy (non-hydrogen) atoms. The fourth-order valence-electron chi connectivity index (χ4n) is 2.18. The van der Waals surface area contributed by atoms with Gasteiger partial charge in [0.05, 0.1) is 12.6 Å². The fourth-order valence-corrected chi connectivity index (χ4v) is 2.18. The number of nitrogens with one attached hydrogen (secondary N) is 1. The van der Waals surface area contributed by atoms with Crippen molar-refractivity contribution in [3.8, 4) is 0 Å². The fraction of sp³-hybridized carbons (Fsp3) is 0.211. The number of ether oxygens (including phenoxy) is 1. The van der Waals surface area contributed by atoms with Gasteiger partial charge in [0.1, 0.15) is 6.61 Å². The van der Waals surface area contributed by atoms with E-state index in [-0.39, 0.29) is 19.3 Å². The van der Waals surface area contributed by atoms with E-state index < -0.39 is 6.09 Å². The topological polar surface area (TPSA) is 58.6 Å². The van der Waals surface area contributed by atoms with Gasteiger partial charge in [0, 0.05) is 0 Å². The molecule has 1 atom stereocenters. The highest BCUT2D eigenvalue weighted by molar-refractivity contribution is 5.68. The summed E-state index contributed by atoms with van der Waals surface area (Å²) in [5, 5.41) is 11.7. The van der Waals surface area contributed by atoms with Crippen LogP contribution in [0.25, 0.3) is 0 Å². The van der Waals surface area contributed by atoms with Gasteiger partial charge in [-0.25, -0.2) is 4.79 Å². The monoisotopic (exact) mass is 311 g/mol. The average molecular weight is 311 g/mol. The van der Waals surface area contributed by atoms with Gasteiger partial charge in [-0.15, -0.1) is 0 Å². The van der Waals surface area contributed by atoms with Crippen LogP contribution in [0, 0.1) is 0 Å². The second kappa shape index (κ2) is 9.43. The maximum absolute atomic E-state index is 12.0. The van der Waals surface area contributed by atoms with E-state index in [4.69, 9.17) is 9.84 Å². The Kier molecular flexibility index (Phi) is 6.88. The van der Waals surface area contributed by atoms with E-state index in [1.165, 1.54) is 0 Å². The van der Waals surface area contributed by atoms with E-state index >= 15 is 0 Å². The molecule has 2 aromatic carbocycles. The van der Waals surface area contributed by atoms with Crippen molar-refractivity contribution in [2.75, 3.05) is 6.61 Å². The van der Waals surface area contributed by atoms with Gasteiger partial charge in [-0.1, -0.05) is 72.8 Å². The molecule has 120 valence electrons. The van der Waals surface area contributed by atoms with Crippen LogP contribution in [0.1, 0.15) is 11.1 Å². The third-order valence-electron chi connectivity index (χ3n) is 3.29. The number of rotatable bonds is 7. The van der Waals surface area contributed by atoms with Crippen molar-refractivity contribution in [1.82, 2.24) is 5.32 Å². The highest BCUT2D eigenvalue weighted by atomic mass is 16.5. The Hall–Kier alpha value is -2.59. The Morgan fingerprint density at radius 2 is 1.65 bits per heavy atom. The molecule has 4 heteroatoms. The van der Waals surface area contributed by atoms with Gasteiger partial charge < -0.3 is 15.2 Å². The summed E-state index contributed by atoms with van der Waals surface area (Å²) in [5.74, 6) is 0. The van der Waals surface area contributed by atoms with Gasteiger partial charge in [0.2, 0.25) is 0 Å². The molecule has 0 aromatic heterocycles. The van der Waals surface area contributed by atoms with Crippen molar-refractivity contribution in [2.45, 2.75) is 19.1 Å². The van der Waals surface area contributed by atoms with E-state index in [0.29, 0.717) is 6.42 Å². The molecule has 0 radical (unpaired) electrons. The molecule has 0 saturated carbocycles. The Bertz CT molecular complexity index is 611. The molecule has 2 aromatic rings. The van der Waals surface area contributed by atoms with Crippen LogP contribution in [0.3, 0.4) is 0 Å². The number of hydrogen-bond acceptors (Lipinski definition) is 3. The zero-order valence-corrected chi connectivity index (χ0v) is 12.9. The van der Waals surface area contributed by atoms with Crippen LogP contribution >= 0.6 is 0 Å². The van der Waals surface area contributed by atoms with E-state index in [9.17, 15) is 4.79 Å². The summed E-state index contributed by atoms with van der Waals surface area (Å²) in [7, 11) is 0. The van der Waals surface area contributed by atoms with Gasteiger partial charge in [0.25, 0.3) is 0 Å². The molecule has 2 N–H and O–H groups in total. The zero-order chi connectivity index (χ0) is 16.3. The summed E-state index contributed by atoms with van der Waals surface area (Å²) in [6, 6.07) is 19.1. The first-order chi connectivity index (χ1) is 11.3. The Labute approximate surface area is 136 Å². The van der Waals surface area contributed by atoms with Gasteiger partial charge in [-0.05, 0) is 17.5 Å². The van der Waals surface area contributed by atoms with Gasteiger partial charge in [-0.3, -0.25) is 0 Å². The summed E-state index contributed by atoms with van der Waals surface area (Å²) < 4.78 is 5.23. The summed E-state index contributed by atoms with van der Waals surface area (Å²) >= 11 is 0. The lowest BCUT2D eigenvalue weighted by Gasteiger charge is -2.15. The molecule has 4 nitrogen and oxygen atoms in total. The van der Waals surface area contributed by atoms with Crippen molar-refractivity contribution in [3.63, 3.8) is 0 Å². The molecule has 0 aliphatic heterocycles. The van der Waals surface area contributed by atoms with Crippen LogP contribution in [-0.4, -0.2) is 23.8 Å². The Balaban J connectivity index is 1.89. The molecule has 0 aliphatic rings. The molecular weight excluding hydrogens is 290 g/mol. The number of amides is 1. The SMILES string of the molecule is O=C(N[C@H](/C=C\CO)Cc1ccccc1)OCc1ccccc1. The molecular formula is C19H21NO3.